The molecule has 1 aliphatic heterocycles. The van der Waals surface area contributed by atoms with Crippen molar-refractivity contribution in [2.75, 3.05) is 19.7 Å². The third-order valence-electron chi connectivity index (χ3n) is 3.94. The lowest BCUT2D eigenvalue weighted by atomic mass is 10.0. The summed E-state index contributed by atoms with van der Waals surface area (Å²) >= 11 is 0. The van der Waals surface area contributed by atoms with E-state index in [0.717, 1.165) is 43.8 Å². The number of nitrogens with one attached hydrogen (secondary N) is 1. The van der Waals surface area contributed by atoms with Crippen molar-refractivity contribution in [1.82, 2.24) is 10.3 Å². The van der Waals surface area contributed by atoms with Gasteiger partial charge in [-0.15, -0.1) is 0 Å². The minimum Gasteiger partial charge on any atom is -0.488 e. The van der Waals surface area contributed by atoms with Gasteiger partial charge in [-0.2, -0.15) is 0 Å². The molecule has 1 fully saturated rings. The zero-order valence-corrected chi connectivity index (χ0v) is 13.5. The van der Waals surface area contributed by atoms with E-state index in [0.29, 0.717) is 18.3 Å². The molecule has 4 nitrogen and oxygen atoms in total. The van der Waals surface area contributed by atoms with E-state index in [1.807, 2.05) is 13.0 Å². The highest BCUT2D eigenvalue weighted by molar-refractivity contribution is 5.39. The number of rotatable bonds is 5. The van der Waals surface area contributed by atoms with Crippen molar-refractivity contribution < 1.29 is 18.3 Å². The number of hydrogen-bond acceptors (Lipinski definition) is 4. The first-order valence-corrected chi connectivity index (χ1v) is 8.06. The number of aromatic nitrogens is 1. The molecule has 0 spiro atoms. The summed E-state index contributed by atoms with van der Waals surface area (Å²) in [6, 6.07) is 6.73. The van der Waals surface area contributed by atoms with E-state index in [1.165, 1.54) is 6.07 Å². The molecule has 1 N–H and O–H groups in total. The predicted octanol–water partition coefficient (Wildman–Crippen LogP) is 3.84. The van der Waals surface area contributed by atoms with Crippen LogP contribution in [0.3, 0.4) is 0 Å². The van der Waals surface area contributed by atoms with Gasteiger partial charge in [0.25, 0.3) is 5.88 Å². The molecule has 1 aromatic heterocycles. The third kappa shape index (κ3) is 4.20. The Labute approximate surface area is 139 Å². The fraction of sp³-hybridized carbons (Fsp3) is 0.389. The van der Waals surface area contributed by atoms with Crippen LogP contribution >= 0.6 is 0 Å². The predicted molar refractivity (Wildman–Crippen MR) is 86.5 cm³/mol. The van der Waals surface area contributed by atoms with Crippen molar-refractivity contribution in [3.63, 3.8) is 0 Å². The summed E-state index contributed by atoms with van der Waals surface area (Å²) < 4.78 is 38.2. The monoisotopic (exact) mass is 334 g/mol. The van der Waals surface area contributed by atoms with Gasteiger partial charge >= 0.3 is 0 Å². The van der Waals surface area contributed by atoms with Gasteiger partial charge in [0.2, 0.25) is 0 Å². The number of aryl methyl sites for hydroxylation is 1. The minimum absolute atomic E-state index is 0.0846. The summed E-state index contributed by atoms with van der Waals surface area (Å²) in [5.41, 5.74) is 0.721. The number of halogens is 2. The Kier molecular flexibility index (Phi) is 5.25. The van der Waals surface area contributed by atoms with E-state index in [-0.39, 0.29) is 11.6 Å². The molecule has 1 aliphatic rings. The number of piperidine rings is 1. The second kappa shape index (κ2) is 7.57. The van der Waals surface area contributed by atoms with E-state index >= 15 is 0 Å². The molecule has 0 amide bonds. The summed E-state index contributed by atoms with van der Waals surface area (Å²) in [5.74, 6) is -0.452. The summed E-state index contributed by atoms with van der Waals surface area (Å²) in [6.45, 7) is 4.31. The van der Waals surface area contributed by atoms with Gasteiger partial charge in [0, 0.05) is 24.2 Å². The molecule has 0 aliphatic carbocycles. The lowest BCUT2D eigenvalue weighted by Crippen LogP contribution is -2.33. The number of ether oxygens (including phenoxy) is 2. The Morgan fingerprint density at radius 1 is 1.21 bits per heavy atom. The number of nitrogens with zero attached hydrogens (tertiary/aromatic N) is 1. The Morgan fingerprint density at radius 2 is 2.04 bits per heavy atom. The van der Waals surface area contributed by atoms with Crippen LogP contribution < -0.4 is 14.8 Å². The average molecular weight is 334 g/mol. The lowest BCUT2D eigenvalue weighted by Gasteiger charge is -2.23. The number of hydrogen-bond donors (Lipinski definition) is 1. The van der Waals surface area contributed by atoms with Crippen molar-refractivity contribution in [1.29, 1.82) is 0 Å². The van der Waals surface area contributed by atoms with Crippen LogP contribution in [-0.4, -0.2) is 24.7 Å². The highest BCUT2D eigenvalue weighted by Crippen LogP contribution is 2.32. The topological polar surface area (TPSA) is 43.4 Å². The van der Waals surface area contributed by atoms with Crippen LogP contribution in [0.1, 0.15) is 18.5 Å². The number of pyridine rings is 1. The molecule has 0 saturated carbocycles. The summed E-state index contributed by atoms with van der Waals surface area (Å²) in [4.78, 5) is 4.27. The second-order valence-electron chi connectivity index (χ2n) is 5.96. The molecule has 2 heterocycles. The van der Waals surface area contributed by atoms with Crippen LogP contribution in [0.15, 0.2) is 30.3 Å². The lowest BCUT2D eigenvalue weighted by molar-refractivity contribution is 0.211. The van der Waals surface area contributed by atoms with Gasteiger partial charge in [-0.1, -0.05) is 0 Å². The van der Waals surface area contributed by atoms with E-state index < -0.39 is 11.6 Å². The molecule has 6 heteroatoms. The Balaban J connectivity index is 1.74. The van der Waals surface area contributed by atoms with Crippen LogP contribution in [0.25, 0.3) is 0 Å². The average Bonchev–Trinajstić information content (AvgIpc) is 2.57. The van der Waals surface area contributed by atoms with Gasteiger partial charge in [-0.25, -0.2) is 13.8 Å². The minimum atomic E-state index is -0.777. The normalized spacial score (nSPS) is 17.5. The van der Waals surface area contributed by atoms with Gasteiger partial charge in [0.1, 0.15) is 5.82 Å². The van der Waals surface area contributed by atoms with E-state index in [9.17, 15) is 8.78 Å². The van der Waals surface area contributed by atoms with Crippen LogP contribution in [0, 0.1) is 24.5 Å². The van der Waals surface area contributed by atoms with Gasteiger partial charge < -0.3 is 14.8 Å². The first-order valence-electron chi connectivity index (χ1n) is 8.06. The zero-order chi connectivity index (χ0) is 16.9. The highest BCUT2D eigenvalue weighted by atomic mass is 19.1. The molecule has 1 aromatic carbocycles. The van der Waals surface area contributed by atoms with E-state index in [1.54, 1.807) is 6.07 Å². The molecular formula is C18H20F2N2O2. The first kappa shape index (κ1) is 16.6. The van der Waals surface area contributed by atoms with Gasteiger partial charge in [-0.05, 0) is 50.6 Å². The smallest absolute Gasteiger partial charge is 0.262 e. The molecule has 0 radical (unpaired) electrons. The molecule has 0 bridgehead atoms. The quantitative estimate of drug-likeness (QED) is 0.902. The first-order chi connectivity index (χ1) is 11.6. The Bertz CT molecular complexity index is 703. The van der Waals surface area contributed by atoms with Crippen LogP contribution in [0.4, 0.5) is 8.78 Å². The van der Waals surface area contributed by atoms with Crippen LogP contribution in [-0.2, 0) is 0 Å². The Morgan fingerprint density at radius 3 is 2.79 bits per heavy atom. The molecule has 2 aromatic rings. The van der Waals surface area contributed by atoms with Crippen LogP contribution in [0.5, 0.6) is 17.4 Å². The van der Waals surface area contributed by atoms with E-state index in [2.05, 4.69) is 10.3 Å². The molecule has 3 rings (SSSR count). The fourth-order valence-corrected chi connectivity index (χ4v) is 2.64. The SMILES string of the molecule is Cc1ccc(OC[C@H]2CCCNC2)c(Oc2ccc(F)cc2F)n1. The summed E-state index contributed by atoms with van der Waals surface area (Å²) in [7, 11) is 0. The molecule has 128 valence electrons. The maximum absolute atomic E-state index is 13.8. The Hall–Kier alpha value is -2.21. The van der Waals surface area contributed by atoms with Gasteiger partial charge in [0.05, 0.1) is 6.61 Å². The summed E-state index contributed by atoms with van der Waals surface area (Å²) in [6.07, 6.45) is 2.24. The maximum Gasteiger partial charge on any atom is 0.262 e. The second-order valence-corrected chi connectivity index (χ2v) is 5.96. The van der Waals surface area contributed by atoms with Gasteiger partial charge in [-0.3, -0.25) is 0 Å². The van der Waals surface area contributed by atoms with Crippen LogP contribution in [0.2, 0.25) is 0 Å². The molecular weight excluding hydrogens is 314 g/mol. The van der Waals surface area contributed by atoms with E-state index in [4.69, 9.17) is 9.47 Å². The maximum atomic E-state index is 13.8. The molecule has 24 heavy (non-hydrogen) atoms. The van der Waals surface area contributed by atoms with Gasteiger partial charge in [0.15, 0.2) is 17.3 Å². The molecule has 1 saturated heterocycles. The van der Waals surface area contributed by atoms with Crippen molar-refractivity contribution in [2.24, 2.45) is 5.92 Å². The van der Waals surface area contributed by atoms with Crippen molar-refractivity contribution in [3.8, 4) is 17.4 Å². The third-order valence-corrected chi connectivity index (χ3v) is 3.94. The highest BCUT2D eigenvalue weighted by Gasteiger charge is 2.17. The zero-order valence-electron chi connectivity index (χ0n) is 13.5. The summed E-state index contributed by atoms with van der Waals surface area (Å²) in [5, 5.41) is 3.34. The fourth-order valence-electron chi connectivity index (χ4n) is 2.64. The van der Waals surface area contributed by atoms with Crippen molar-refractivity contribution in [3.05, 3.63) is 47.7 Å². The van der Waals surface area contributed by atoms with Crippen molar-refractivity contribution in [2.45, 2.75) is 19.8 Å². The molecule has 1 atom stereocenters. The molecule has 0 unspecified atom stereocenters. The number of benzene rings is 1. The van der Waals surface area contributed by atoms with Crippen molar-refractivity contribution >= 4 is 0 Å². The largest absolute Gasteiger partial charge is 0.488 e. The standard InChI is InChI=1S/C18H20F2N2O2/c1-12-4-6-17(23-11-13-3-2-8-21-10-13)18(22-12)24-16-7-5-14(19)9-15(16)20/h4-7,9,13,21H,2-3,8,10-11H2,1H3/t13-/m0/s1.